The van der Waals surface area contributed by atoms with Crippen molar-refractivity contribution in [3.63, 3.8) is 0 Å². The number of alkyl halides is 3. The fraction of sp³-hybridized carbons (Fsp3) is 0.0500. The molecule has 8 nitrogen and oxygen atoms in total. The molecule has 3 rings (SSSR count). The number of aromatic nitrogens is 2. The number of halogens is 3. The number of amides is 2. The molecule has 0 spiro atoms. The average molecular weight is 431 g/mol. The Bertz CT molecular complexity index is 1170. The Morgan fingerprint density at radius 2 is 1.94 bits per heavy atom. The van der Waals surface area contributed by atoms with Crippen LogP contribution in [0.15, 0.2) is 61.3 Å². The van der Waals surface area contributed by atoms with Crippen molar-refractivity contribution in [2.75, 3.05) is 11.1 Å². The third-order valence-electron chi connectivity index (χ3n) is 4.09. The van der Waals surface area contributed by atoms with Gasteiger partial charge in [-0.25, -0.2) is 4.68 Å². The second-order valence-electron chi connectivity index (χ2n) is 6.24. The summed E-state index contributed by atoms with van der Waals surface area (Å²) in [4.78, 5) is 22.9. The number of nitrogens with zero attached hydrogens (tertiary/aromatic N) is 2. The monoisotopic (exact) mass is 431 g/mol. The Labute approximate surface area is 173 Å². The highest BCUT2D eigenvalue weighted by atomic mass is 19.4. The lowest BCUT2D eigenvalue weighted by Gasteiger charge is -2.13. The summed E-state index contributed by atoms with van der Waals surface area (Å²) in [7, 11) is 0. The normalized spacial score (nSPS) is 11.1. The first-order valence-electron chi connectivity index (χ1n) is 8.66. The van der Waals surface area contributed by atoms with E-state index in [1.165, 1.54) is 16.9 Å². The minimum atomic E-state index is -5.02. The lowest BCUT2D eigenvalue weighted by molar-refractivity contribution is -0.274. The molecule has 11 heteroatoms. The molecule has 0 atom stereocenters. The van der Waals surface area contributed by atoms with E-state index in [2.05, 4.69) is 21.7 Å². The Balaban J connectivity index is 2.00. The molecule has 2 aromatic carbocycles. The quantitative estimate of drug-likeness (QED) is 0.517. The van der Waals surface area contributed by atoms with Gasteiger partial charge in [0, 0.05) is 17.4 Å². The van der Waals surface area contributed by atoms with E-state index < -0.39 is 29.5 Å². The summed E-state index contributed by atoms with van der Waals surface area (Å²) >= 11 is 0. The molecular formula is C20H16F3N5O3. The number of nitrogens with two attached hydrogens (primary N) is 2. The Kier molecular flexibility index (Phi) is 5.68. The van der Waals surface area contributed by atoms with Crippen molar-refractivity contribution >= 4 is 23.3 Å². The fourth-order valence-corrected chi connectivity index (χ4v) is 2.76. The van der Waals surface area contributed by atoms with Gasteiger partial charge in [-0.2, -0.15) is 5.10 Å². The number of nitrogens with one attached hydrogen (secondary N) is 1. The zero-order chi connectivity index (χ0) is 22.8. The molecule has 5 N–H and O–H groups in total. The lowest BCUT2D eigenvalue weighted by Crippen LogP contribution is -2.21. The number of primary amides is 1. The number of ether oxygens (including phenoxy) is 1. The minimum Gasteiger partial charge on any atom is -0.405 e. The van der Waals surface area contributed by atoms with Crippen molar-refractivity contribution < 1.29 is 27.5 Å². The van der Waals surface area contributed by atoms with Gasteiger partial charge in [-0.3, -0.25) is 9.59 Å². The zero-order valence-electron chi connectivity index (χ0n) is 15.8. The summed E-state index contributed by atoms with van der Waals surface area (Å²) in [5, 5.41) is 6.77. The number of hydrogen-bond donors (Lipinski definition) is 3. The third kappa shape index (κ3) is 5.01. The molecule has 0 saturated heterocycles. The van der Waals surface area contributed by atoms with E-state index in [1.54, 1.807) is 24.3 Å². The molecule has 0 saturated carbocycles. The molecule has 160 valence electrons. The summed E-state index contributed by atoms with van der Waals surface area (Å²) in [6.07, 6.45) is -2.41. The maximum atomic E-state index is 12.7. The van der Waals surface area contributed by atoms with Crippen LogP contribution in [0.25, 0.3) is 16.8 Å². The van der Waals surface area contributed by atoms with E-state index >= 15 is 0 Å². The van der Waals surface area contributed by atoms with Gasteiger partial charge in [0.25, 0.3) is 5.91 Å². The van der Waals surface area contributed by atoms with Crippen LogP contribution in [0.5, 0.6) is 5.75 Å². The molecular weight excluding hydrogens is 415 g/mol. The Morgan fingerprint density at radius 1 is 1.19 bits per heavy atom. The van der Waals surface area contributed by atoms with Crippen LogP contribution < -0.4 is 21.5 Å². The van der Waals surface area contributed by atoms with Gasteiger partial charge in [0.15, 0.2) is 5.82 Å². The van der Waals surface area contributed by atoms with Crippen LogP contribution in [0.4, 0.5) is 24.7 Å². The van der Waals surface area contributed by atoms with E-state index in [0.29, 0.717) is 16.9 Å². The molecule has 1 aromatic heterocycles. The second kappa shape index (κ2) is 8.22. The zero-order valence-corrected chi connectivity index (χ0v) is 15.8. The van der Waals surface area contributed by atoms with Crippen LogP contribution in [0.1, 0.15) is 10.4 Å². The summed E-state index contributed by atoms with van der Waals surface area (Å²) < 4.78 is 43.5. The molecule has 0 aliphatic heterocycles. The average Bonchev–Trinajstić information content (AvgIpc) is 3.08. The summed E-state index contributed by atoms with van der Waals surface area (Å²) in [6, 6.07) is 10.1. The fourth-order valence-electron chi connectivity index (χ4n) is 2.76. The number of nitrogen functional groups attached to an aromatic ring is 1. The van der Waals surface area contributed by atoms with E-state index in [1.807, 2.05) is 0 Å². The van der Waals surface area contributed by atoms with E-state index in [-0.39, 0.29) is 11.4 Å². The van der Waals surface area contributed by atoms with Crippen LogP contribution in [0.3, 0.4) is 0 Å². The van der Waals surface area contributed by atoms with Gasteiger partial charge in [0.05, 0.1) is 11.3 Å². The van der Waals surface area contributed by atoms with Gasteiger partial charge in [0.1, 0.15) is 5.75 Å². The van der Waals surface area contributed by atoms with E-state index in [4.69, 9.17) is 11.5 Å². The van der Waals surface area contributed by atoms with Crippen molar-refractivity contribution in [1.82, 2.24) is 9.78 Å². The minimum absolute atomic E-state index is 0.0188. The van der Waals surface area contributed by atoms with E-state index in [0.717, 1.165) is 18.2 Å². The highest BCUT2D eigenvalue weighted by molar-refractivity contribution is 5.99. The summed E-state index contributed by atoms with van der Waals surface area (Å²) in [5.41, 5.74) is 12.2. The predicted octanol–water partition coefficient (Wildman–Crippen LogP) is 3.24. The second-order valence-corrected chi connectivity index (χ2v) is 6.24. The number of benzene rings is 2. The van der Waals surface area contributed by atoms with Crippen LogP contribution in [0.2, 0.25) is 0 Å². The molecule has 0 aliphatic carbocycles. The van der Waals surface area contributed by atoms with Gasteiger partial charge >= 0.3 is 6.36 Å². The van der Waals surface area contributed by atoms with Crippen LogP contribution in [-0.4, -0.2) is 28.0 Å². The topological polar surface area (TPSA) is 125 Å². The molecule has 0 aliphatic rings. The maximum absolute atomic E-state index is 12.7. The van der Waals surface area contributed by atoms with Gasteiger partial charge in [-0.05, 0) is 42.0 Å². The molecule has 3 aromatic rings. The first kappa shape index (κ1) is 21.4. The van der Waals surface area contributed by atoms with Crippen LogP contribution >= 0.6 is 0 Å². The van der Waals surface area contributed by atoms with Gasteiger partial charge in [-0.15, -0.1) is 13.2 Å². The molecule has 0 radical (unpaired) electrons. The van der Waals surface area contributed by atoms with Crippen molar-refractivity contribution in [2.24, 2.45) is 5.73 Å². The van der Waals surface area contributed by atoms with Gasteiger partial charge in [0.2, 0.25) is 5.91 Å². The van der Waals surface area contributed by atoms with Gasteiger partial charge < -0.3 is 21.5 Å². The smallest absolute Gasteiger partial charge is 0.405 e. The summed E-state index contributed by atoms with van der Waals surface area (Å²) in [5.74, 6) is -2.21. The third-order valence-corrected chi connectivity index (χ3v) is 4.09. The Morgan fingerprint density at radius 3 is 2.58 bits per heavy atom. The van der Waals surface area contributed by atoms with Crippen molar-refractivity contribution in [3.8, 4) is 22.6 Å². The number of anilines is 2. The van der Waals surface area contributed by atoms with Crippen LogP contribution in [-0.2, 0) is 4.79 Å². The standard InChI is InChI=1S/C20H16F3N5O3/c1-2-17(29)26-12-4-3-5-13(9-12)28-10-15(18(24)27-28)11-6-7-14(19(25)30)16(8-11)31-20(21,22)23/h2-10H,1H2,(H2,24,27)(H2,25,30)(H,26,29). The van der Waals surface area contributed by atoms with Gasteiger partial charge in [-0.1, -0.05) is 18.7 Å². The molecule has 0 bridgehead atoms. The predicted molar refractivity (Wildman–Crippen MR) is 107 cm³/mol. The number of rotatable bonds is 6. The van der Waals surface area contributed by atoms with Crippen molar-refractivity contribution in [3.05, 3.63) is 66.9 Å². The first-order valence-corrected chi connectivity index (χ1v) is 8.66. The largest absolute Gasteiger partial charge is 0.573 e. The number of hydrogen-bond acceptors (Lipinski definition) is 5. The molecule has 0 fully saturated rings. The van der Waals surface area contributed by atoms with Crippen molar-refractivity contribution in [1.29, 1.82) is 0 Å². The molecule has 31 heavy (non-hydrogen) atoms. The molecule has 1 heterocycles. The van der Waals surface area contributed by atoms with E-state index in [9.17, 15) is 22.8 Å². The first-order chi connectivity index (χ1) is 14.6. The molecule has 0 unspecified atom stereocenters. The highest BCUT2D eigenvalue weighted by Crippen LogP contribution is 2.34. The maximum Gasteiger partial charge on any atom is 0.573 e. The van der Waals surface area contributed by atoms with Crippen molar-refractivity contribution in [2.45, 2.75) is 6.36 Å². The number of carbonyl (C=O) groups excluding carboxylic acids is 2. The van der Waals surface area contributed by atoms with Crippen LogP contribution in [0, 0.1) is 0 Å². The highest BCUT2D eigenvalue weighted by Gasteiger charge is 2.33. The molecule has 2 amide bonds. The Hall–Kier alpha value is -4.28. The SMILES string of the molecule is C=CC(=O)Nc1cccc(-n2cc(-c3ccc(C(N)=O)c(OC(F)(F)F)c3)c(N)n2)c1. The number of carbonyl (C=O) groups is 2. The lowest BCUT2D eigenvalue weighted by atomic mass is 10.0. The summed E-state index contributed by atoms with van der Waals surface area (Å²) in [6.45, 7) is 3.38.